The molecule has 102 valence electrons. The van der Waals surface area contributed by atoms with E-state index < -0.39 is 11.9 Å². The summed E-state index contributed by atoms with van der Waals surface area (Å²) in [5.41, 5.74) is 0.356. The number of rotatable bonds is 4. The summed E-state index contributed by atoms with van der Waals surface area (Å²) in [5, 5.41) is 11.3. The average Bonchev–Trinajstić information content (AvgIpc) is 2.43. The van der Waals surface area contributed by atoms with Gasteiger partial charge in [-0.1, -0.05) is 13.0 Å². The number of carbonyl (C=O) groups excluding carboxylic acids is 1. The van der Waals surface area contributed by atoms with Gasteiger partial charge in [-0.15, -0.1) is 0 Å². The first-order chi connectivity index (χ1) is 9.09. The maximum Gasteiger partial charge on any atom is 0.308 e. The second-order valence-corrected chi connectivity index (χ2v) is 4.28. The van der Waals surface area contributed by atoms with Gasteiger partial charge in [0.15, 0.2) is 11.5 Å². The molecule has 19 heavy (non-hydrogen) atoms. The SMILES string of the molecule is CC(CNC(=O)c1cccc2c1OCCO2)C(=O)O. The molecule has 0 aromatic heterocycles. The van der Waals surface area contributed by atoms with Crippen LogP contribution in [0.4, 0.5) is 0 Å². The minimum Gasteiger partial charge on any atom is -0.486 e. The fraction of sp³-hybridized carbons (Fsp3) is 0.385. The van der Waals surface area contributed by atoms with Crippen LogP contribution in [0, 0.1) is 5.92 Å². The highest BCUT2D eigenvalue weighted by atomic mass is 16.6. The van der Waals surface area contributed by atoms with Gasteiger partial charge < -0.3 is 19.9 Å². The lowest BCUT2D eigenvalue weighted by molar-refractivity contribution is -0.140. The molecule has 1 aromatic carbocycles. The summed E-state index contributed by atoms with van der Waals surface area (Å²) in [5.74, 6) is -1.01. The second-order valence-electron chi connectivity index (χ2n) is 4.28. The highest BCUT2D eigenvalue weighted by Crippen LogP contribution is 2.33. The maximum atomic E-state index is 12.0. The Morgan fingerprint density at radius 2 is 2.11 bits per heavy atom. The second kappa shape index (κ2) is 5.60. The van der Waals surface area contributed by atoms with Crippen molar-refractivity contribution in [1.82, 2.24) is 5.32 Å². The molecule has 0 saturated heterocycles. The quantitative estimate of drug-likeness (QED) is 0.845. The van der Waals surface area contributed by atoms with Crippen molar-refractivity contribution >= 4 is 11.9 Å². The highest BCUT2D eigenvalue weighted by molar-refractivity contribution is 5.98. The summed E-state index contributed by atoms with van der Waals surface area (Å²) in [6.45, 7) is 2.44. The molecule has 1 aliphatic rings. The zero-order chi connectivity index (χ0) is 13.8. The monoisotopic (exact) mass is 265 g/mol. The van der Waals surface area contributed by atoms with Crippen molar-refractivity contribution in [2.75, 3.05) is 19.8 Å². The van der Waals surface area contributed by atoms with Crippen LogP contribution in [0.25, 0.3) is 0 Å². The Labute approximate surface area is 110 Å². The number of hydrogen-bond donors (Lipinski definition) is 2. The van der Waals surface area contributed by atoms with Crippen LogP contribution in [-0.2, 0) is 4.79 Å². The van der Waals surface area contributed by atoms with Crippen LogP contribution in [0.5, 0.6) is 11.5 Å². The smallest absolute Gasteiger partial charge is 0.308 e. The summed E-state index contributed by atoms with van der Waals surface area (Å²) < 4.78 is 10.8. The zero-order valence-corrected chi connectivity index (χ0v) is 10.5. The molecule has 1 heterocycles. The first-order valence-corrected chi connectivity index (χ1v) is 5.99. The Morgan fingerprint density at radius 3 is 2.84 bits per heavy atom. The van der Waals surface area contributed by atoms with Crippen molar-refractivity contribution in [2.45, 2.75) is 6.92 Å². The third kappa shape index (κ3) is 2.96. The van der Waals surface area contributed by atoms with E-state index in [2.05, 4.69) is 5.32 Å². The Kier molecular flexibility index (Phi) is 3.89. The van der Waals surface area contributed by atoms with Crippen molar-refractivity contribution in [3.05, 3.63) is 23.8 Å². The van der Waals surface area contributed by atoms with Gasteiger partial charge in [0.1, 0.15) is 13.2 Å². The minimum atomic E-state index is -0.949. The first-order valence-electron chi connectivity index (χ1n) is 5.99. The third-order valence-electron chi connectivity index (χ3n) is 2.80. The van der Waals surface area contributed by atoms with Gasteiger partial charge in [-0.3, -0.25) is 9.59 Å². The maximum absolute atomic E-state index is 12.0. The highest BCUT2D eigenvalue weighted by Gasteiger charge is 2.21. The van der Waals surface area contributed by atoms with Crippen LogP contribution >= 0.6 is 0 Å². The third-order valence-corrected chi connectivity index (χ3v) is 2.80. The first kappa shape index (κ1) is 13.2. The average molecular weight is 265 g/mol. The minimum absolute atomic E-state index is 0.0681. The van der Waals surface area contributed by atoms with Gasteiger partial charge in [0.05, 0.1) is 11.5 Å². The molecule has 1 aromatic rings. The van der Waals surface area contributed by atoms with E-state index in [0.717, 1.165) is 0 Å². The van der Waals surface area contributed by atoms with Crippen molar-refractivity contribution < 1.29 is 24.2 Å². The Bertz CT molecular complexity index is 500. The largest absolute Gasteiger partial charge is 0.486 e. The van der Waals surface area contributed by atoms with Crippen LogP contribution in [-0.4, -0.2) is 36.7 Å². The van der Waals surface area contributed by atoms with E-state index in [1.165, 1.54) is 6.92 Å². The molecule has 0 radical (unpaired) electrons. The zero-order valence-electron chi connectivity index (χ0n) is 10.5. The predicted octanol–water partition coefficient (Wildman–Crippen LogP) is 0.908. The van der Waals surface area contributed by atoms with E-state index in [1.807, 2.05) is 0 Å². The predicted molar refractivity (Wildman–Crippen MR) is 66.6 cm³/mol. The van der Waals surface area contributed by atoms with E-state index in [0.29, 0.717) is 30.3 Å². The fourth-order valence-corrected chi connectivity index (χ4v) is 1.68. The summed E-state index contributed by atoms with van der Waals surface area (Å²) in [6.07, 6.45) is 0. The molecule has 0 spiro atoms. The van der Waals surface area contributed by atoms with E-state index in [1.54, 1.807) is 18.2 Å². The number of aliphatic carboxylic acids is 1. The lowest BCUT2D eigenvalue weighted by Gasteiger charge is -2.20. The number of fused-ring (bicyclic) bond motifs is 1. The van der Waals surface area contributed by atoms with Gasteiger partial charge in [0, 0.05) is 6.54 Å². The van der Waals surface area contributed by atoms with E-state index in [9.17, 15) is 9.59 Å². The summed E-state index contributed by atoms with van der Waals surface area (Å²) >= 11 is 0. The summed E-state index contributed by atoms with van der Waals surface area (Å²) in [4.78, 5) is 22.7. The molecule has 1 aliphatic heterocycles. The summed E-state index contributed by atoms with van der Waals surface area (Å²) in [7, 11) is 0. The lowest BCUT2D eigenvalue weighted by atomic mass is 10.1. The van der Waals surface area contributed by atoms with Crippen LogP contribution in [0.2, 0.25) is 0 Å². The molecule has 0 saturated carbocycles. The van der Waals surface area contributed by atoms with Gasteiger partial charge in [0.2, 0.25) is 0 Å². The lowest BCUT2D eigenvalue weighted by Crippen LogP contribution is -2.32. The van der Waals surface area contributed by atoms with Gasteiger partial charge in [-0.05, 0) is 12.1 Å². The number of carbonyl (C=O) groups is 2. The Hall–Kier alpha value is -2.24. The Morgan fingerprint density at radius 1 is 1.37 bits per heavy atom. The molecule has 0 bridgehead atoms. The molecule has 2 N–H and O–H groups in total. The van der Waals surface area contributed by atoms with Gasteiger partial charge >= 0.3 is 5.97 Å². The molecule has 1 atom stereocenters. The molecule has 1 unspecified atom stereocenters. The molecule has 0 fully saturated rings. The summed E-state index contributed by atoms with van der Waals surface area (Å²) in [6, 6.07) is 5.04. The standard InChI is InChI=1S/C13H15NO5/c1-8(13(16)17)7-14-12(15)9-3-2-4-10-11(9)19-6-5-18-10/h2-4,8H,5-7H2,1H3,(H,14,15)(H,16,17). The Balaban J connectivity index is 2.09. The molecule has 6 heteroatoms. The van der Waals surface area contributed by atoms with Crippen LogP contribution in [0.15, 0.2) is 18.2 Å². The van der Waals surface area contributed by atoms with Gasteiger partial charge in [-0.25, -0.2) is 0 Å². The molecule has 0 aliphatic carbocycles. The van der Waals surface area contributed by atoms with Crippen LogP contribution in [0.3, 0.4) is 0 Å². The van der Waals surface area contributed by atoms with Crippen molar-refractivity contribution in [2.24, 2.45) is 5.92 Å². The molecular formula is C13H15NO5. The van der Waals surface area contributed by atoms with Gasteiger partial charge in [0.25, 0.3) is 5.91 Å². The number of ether oxygens (including phenoxy) is 2. The molecule has 6 nitrogen and oxygen atoms in total. The molecule has 2 rings (SSSR count). The number of para-hydroxylation sites is 1. The number of hydrogen-bond acceptors (Lipinski definition) is 4. The number of benzene rings is 1. The van der Waals surface area contributed by atoms with E-state index in [-0.39, 0.29) is 12.5 Å². The normalized spacial score (nSPS) is 14.6. The fourth-order valence-electron chi connectivity index (χ4n) is 1.68. The number of carboxylic acids is 1. The van der Waals surface area contributed by atoms with Crippen molar-refractivity contribution in [1.29, 1.82) is 0 Å². The van der Waals surface area contributed by atoms with Crippen LogP contribution in [0.1, 0.15) is 17.3 Å². The number of nitrogens with one attached hydrogen (secondary N) is 1. The van der Waals surface area contributed by atoms with Crippen molar-refractivity contribution in [3.63, 3.8) is 0 Å². The van der Waals surface area contributed by atoms with Crippen LogP contribution < -0.4 is 14.8 Å². The van der Waals surface area contributed by atoms with Crippen molar-refractivity contribution in [3.8, 4) is 11.5 Å². The van der Waals surface area contributed by atoms with E-state index in [4.69, 9.17) is 14.6 Å². The topological polar surface area (TPSA) is 84.9 Å². The molecular weight excluding hydrogens is 250 g/mol. The van der Waals surface area contributed by atoms with Gasteiger partial charge in [-0.2, -0.15) is 0 Å². The molecule has 1 amide bonds. The van der Waals surface area contributed by atoms with E-state index >= 15 is 0 Å². The number of carboxylic acid groups (broad SMARTS) is 1. The number of amides is 1.